The van der Waals surface area contributed by atoms with Crippen LogP contribution >= 0.6 is 12.4 Å². The first-order valence-corrected chi connectivity index (χ1v) is 6.53. The molecule has 0 aliphatic carbocycles. The Labute approximate surface area is 115 Å². The van der Waals surface area contributed by atoms with Crippen LogP contribution in [0.1, 0.15) is 0 Å². The summed E-state index contributed by atoms with van der Waals surface area (Å²) in [5.41, 5.74) is 0. The highest BCUT2D eigenvalue weighted by Crippen LogP contribution is 2.25. The molecule has 0 bridgehead atoms. The maximum atomic E-state index is 5.73. The topological polar surface area (TPSA) is 24.5 Å². The van der Waals surface area contributed by atoms with Crippen molar-refractivity contribution < 1.29 is 4.74 Å². The van der Waals surface area contributed by atoms with Crippen molar-refractivity contribution in [1.29, 1.82) is 0 Å². The standard InChI is InChI=1S/C14H20N2O.ClH/c1-2-4-14(5-3-1)17-7-6-16-10-12-8-15-9-13(12)11-16;/h1-5,12-13,15H,6-11H2;1H/t12-,13+;. The number of hydrogen-bond donors (Lipinski definition) is 1. The average molecular weight is 269 g/mol. The van der Waals surface area contributed by atoms with Crippen LogP contribution in [0.4, 0.5) is 0 Å². The minimum Gasteiger partial charge on any atom is -0.492 e. The van der Waals surface area contributed by atoms with Gasteiger partial charge in [0.05, 0.1) is 0 Å². The number of nitrogens with one attached hydrogen (secondary N) is 1. The Hall–Kier alpha value is -0.770. The lowest BCUT2D eigenvalue weighted by molar-refractivity contribution is 0.228. The van der Waals surface area contributed by atoms with Crippen molar-refractivity contribution >= 4 is 12.4 Å². The summed E-state index contributed by atoms with van der Waals surface area (Å²) in [5, 5.41) is 3.47. The molecule has 2 aliphatic heterocycles. The number of likely N-dealkylation sites (tertiary alicyclic amines) is 1. The van der Waals surface area contributed by atoms with Gasteiger partial charge in [-0.2, -0.15) is 0 Å². The smallest absolute Gasteiger partial charge is 0.119 e. The summed E-state index contributed by atoms with van der Waals surface area (Å²) in [7, 11) is 0. The molecule has 1 N–H and O–H groups in total. The Morgan fingerprint density at radius 1 is 1.11 bits per heavy atom. The fourth-order valence-corrected chi connectivity index (χ4v) is 2.94. The number of nitrogens with zero attached hydrogens (tertiary/aromatic N) is 1. The Balaban J connectivity index is 0.00000120. The summed E-state index contributed by atoms with van der Waals surface area (Å²) in [6.45, 7) is 6.77. The molecule has 3 rings (SSSR count). The molecule has 0 amide bonds. The molecule has 0 radical (unpaired) electrons. The van der Waals surface area contributed by atoms with Crippen LogP contribution in [-0.4, -0.2) is 44.2 Å². The van der Waals surface area contributed by atoms with Crippen LogP contribution in [0.15, 0.2) is 30.3 Å². The normalized spacial score (nSPS) is 26.7. The molecule has 2 saturated heterocycles. The van der Waals surface area contributed by atoms with E-state index in [4.69, 9.17) is 4.74 Å². The van der Waals surface area contributed by atoms with E-state index in [-0.39, 0.29) is 12.4 Å². The highest BCUT2D eigenvalue weighted by atomic mass is 35.5. The fourth-order valence-electron chi connectivity index (χ4n) is 2.94. The van der Waals surface area contributed by atoms with Gasteiger partial charge in [0.2, 0.25) is 0 Å². The van der Waals surface area contributed by atoms with Crippen LogP contribution in [0.3, 0.4) is 0 Å². The predicted molar refractivity (Wildman–Crippen MR) is 75.5 cm³/mol. The summed E-state index contributed by atoms with van der Waals surface area (Å²) >= 11 is 0. The lowest BCUT2D eigenvalue weighted by Gasteiger charge is -2.17. The maximum absolute atomic E-state index is 5.73. The molecule has 0 spiro atoms. The van der Waals surface area contributed by atoms with Crippen LogP contribution in [0.2, 0.25) is 0 Å². The molecule has 1 aromatic carbocycles. The first kappa shape index (κ1) is 13.7. The lowest BCUT2D eigenvalue weighted by Crippen LogP contribution is -2.29. The highest BCUT2D eigenvalue weighted by molar-refractivity contribution is 5.85. The second kappa shape index (κ2) is 6.41. The van der Waals surface area contributed by atoms with Crippen LogP contribution in [0.25, 0.3) is 0 Å². The lowest BCUT2D eigenvalue weighted by atomic mass is 10.0. The fraction of sp³-hybridized carbons (Fsp3) is 0.571. The summed E-state index contributed by atoms with van der Waals surface area (Å²) < 4.78 is 5.73. The first-order valence-electron chi connectivity index (χ1n) is 6.53. The van der Waals surface area contributed by atoms with E-state index in [0.717, 1.165) is 30.7 Å². The van der Waals surface area contributed by atoms with Gasteiger partial charge in [0.25, 0.3) is 0 Å². The van der Waals surface area contributed by atoms with E-state index < -0.39 is 0 Å². The Morgan fingerprint density at radius 2 is 1.78 bits per heavy atom. The quantitative estimate of drug-likeness (QED) is 0.899. The molecule has 2 atom stereocenters. The van der Waals surface area contributed by atoms with E-state index in [0.29, 0.717) is 0 Å². The van der Waals surface area contributed by atoms with Gasteiger partial charge in [-0.25, -0.2) is 0 Å². The van der Waals surface area contributed by atoms with E-state index in [9.17, 15) is 0 Å². The van der Waals surface area contributed by atoms with Crippen molar-refractivity contribution in [3.63, 3.8) is 0 Å². The number of ether oxygens (including phenoxy) is 1. The van der Waals surface area contributed by atoms with E-state index in [1.807, 2.05) is 30.3 Å². The highest BCUT2D eigenvalue weighted by Gasteiger charge is 2.35. The zero-order chi connectivity index (χ0) is 11.5. The average Bonchev–Trinajstić information content (AvgIpc) is 2.91. The zero-order valence-electron chi connectivity index (χ0n) is 10.5. The minimum absolute atomic E-state index is 0. The summed E-state index contributed by atoms with van der Waals surface area (Å²) in [6, 6.07) is 10.1. The van der Waals surface area contributed by atoms with Gasteiger partial charge in [-0.05, 0) is 37.1 Å². The van der Waals surface area contributed by atoms with Crippen molar-refractivity contribution in [2.45, 2.75) is 0 Å². The van der Waals surface area contributed by atoms with Crippen LogP contribution in [-0.2, 0) is 0 Å². The van der Waals surface area contributed by atoms with Gasteiger partial charge < -0.3 is 10.1 Å². The molecule has 18 heavy (non-hydrogen) atoms. The largest absolute Gasteiger partial charge is 0.492 e. The molecule has 100 valence electrons. The molecular weight excluding hydrogens is 248 g/mol. The third kappa shape index (κ3) is 3.16. The Morgan fingerprint density at radius 3 is 2.44 bits per heavy atom. The molecule has 2 fully saturated rings. The van der Waals surface area contributed by atoms with Gasteiger partial charge in [0, 0.05) is 19.6 Å². The van der Waals surface area contributed by atoms with E-state index >= 15 is 0 Å². The third-order valence-electron chi connectivity index (χ3n) is 3.88. The monoisotopic (exact) mass is 268 g/mol. The van der Waals surface area contributed by atoms with E-state index in [1.165, 1.54) is 26.2 Å². The summed E-state index contributed by atoms with van der Waals surface area (Å²) in [6.07, 6.45) is 0. The van der Waals surface area contributed by atoms with Crippen molar-refractivity contribution in [2.75, 3.05) is 39.3 Å². The molecule has 2 aliphatic rings. The van der Waals surface area contributed by atoms with Gasteiger partial charge in [0.15, 0.2) is 0 Å². The van der Waals surface area contributed by atoms with E-state index in [1.54, 1.807) is 0 Å². The van der Waals surface area contributed by atoms with Crippen LogP contribution < -0.4 is 10.1 Å². The van der Waals surface area contributed by atoms with Crippen molar-refractivity contribution in [3.05, 3.63) is 30.3 Å². The minimum atomic E-state index is 0. The molecule has 4 heteroatoms. The maximum Gasteiger partial charge on any atom is 0.119 e. The van der Waals surface area contributed by atoms with E-state index in [2.05, 4.69) is 10.2 Å². The van der Waals surface area contributed by atoms with Gasteiger partial charge in [-0.3, -0.25) is 4.90 Å². The number of halogens is 1. The molecular formula is C14H21ClN2O. The van der Waals surface area contributed by atoms with Gasteiger partial charge in [0.1, 0.15) is 12.4 Å². The Bertz CT molecular complexity index is 348. The zero-order valence-corrected chi connectivity index (χ0v) is 11.4. The molecule has 0 saturated carbocycles. The summed E-state index contributed by atoms with van der Waals surface area (Å²) in [4.78, 5) is 2.54. The van der Waals surface area contributed by atoms with Crippen molar-refractivity contribution in [3.8, 4) is 5.75 Å². The molecule has 2 heterocycles. The molecule has 0 aromatic heterocycles. The SMILES string of the molecule is Cl.c1ccc(OCCN2C[C@H]3CNC[C@H]3C2)cc1. The number of benzene rings is 1. The molecule has 1 aromatic rings. The van der Waals surface area contributed by atoms with Gasteiger partial charge in [-0.1, -0.05) is 18.2 Å². The summed E-state index contributed by atoms with van der Waals surface area (Å²) in [5.74, 6) is 2.74. The number of fused-ring (bicyclic) bond motifs is 1. The van der Waals surface area contributed by atoms with Crippen molar-refractivity contribution in [2.24, 2.45) is 11.8 Å². The van der Waals surface area contributed by atoms with Crippen LogP contribution in [0, 0.1) is 11.8 Å². The predicted octanol–water partition coefficient (Wildman–Crippen LogP) is 1.64. The molecule has 0 unspecified atom stereocenters. The van der Waals surface area contributed by atoms with Crippen molar-refractivity contribution in [1.82, 2.24) is 10.2 Å². The second-order valence-corrected chi connectivity index (χ2v) is 5.10. The first-order chi connectivity index (χ1) is 8.42. The Kier molecular flexibility index (Phi) is 4.87. The third-order valence-corrected chi connectivity index (χ3v) is 3.88. The van der Waals surface area contributed by atoms with Gasteiger partial charge >= 0.3 is 0 Å². The number of hydrogen-bond acceptors (Lipinski definition) is 3. The number of rotatable bonds is 4. The number of para-hydroxylation sites is 1. The van der Waals surface area contributed by atoms with Gasteiger partial charge in [-0.15, -0.1) is 12.4 Å². The molecule has 3 nitrogen and oxygen atoms in total. The second-order valence-electron chi connectivity index (χ2n) is 5.10. The van der Waals surface area contributed by atoms with Crippen LogP contribution in [0.5, 0.6) is 5.75 Å².